The molecule has 4 rings (SSSR count). The van der Waals surface area contributed by atoms with Gasteiger partial charge in [-0.2, -0.15) is 13.2 Å². The van der Waals surface area contributed by atoms with Crippen LogP contribution in [-0.2, 0) is 30.5 Å². The molecule has 1 aliphatic heterocycles. The Kier molecular flexibility index (Phi) is 8.42. The van der Waals surface area contributed by atoms with E-state index in [2.05, 4.69) is 4.98 Å². The normalized spacial score (nSPS) is 14.0. The third-order valence-electron chi connectivity index (χ3n) is 6.06. The van der Waals surface area contributed by atoms with E-state index in [4.69, 9.17) is 11.5 Å². The standard InChI is InChI=1S/C24H21F6N5O2.ClH/c25-16-10-18(27)17(26)8-14(16)7-15(31)9-20(36)34-5-6-35-19(11-34)21(33-23(35)24(28,29)30)12-1-3-13(4-2-12)22(32)37;/h1-4,8,10,15H,5-7,9,11,31H2,(H2,32,37);1H/t15-;/m1./s1. The van der Waals surface area contributed by atoms with Gasteiger partial charge < -0.3 is 20.9 Å². The molecule has 0 fully saturated rings. The highest BCUT2D eigenvalue weighted by Crippen LogP contribution is 2.36. The summed E-state index contributed by atoms with van der Waals surface area (Å²) < 4.78 is 82.6. The SMILES string of the molecule is Cl.NC(=O)c1ccc(-c2nc(C(F)(F)F)n3c2CN(C(=O)C[C@H](N)Cc2cc(F)c(F)cc2F)CC3)cc1. The van der Waals surface area contributed by atoms with Crippen LogP contribution < -0.4 is 11.5 Å². The summed E-state index contributed by atoms with van der Waals surface area (Å²) >= 11 is 0. The number of carbonyl (C=O) groups is 2. The van der Waals surface area contributed by atoms with Gasteiger partial charge in [-0.25, -0.2) is 18.2 Å². The Bertz CT molecular complexity index is 1360. The summed E-state index contributed by atoms with van der Waals surface area (Å²) in [5.74, 6) is -5.94. The molecule has 0 bridgehead atoms. The van der Waals surface area contributed by atoms with Crippen molar-refractivity contribution >= 4 is 24.2 Å². The van der Waals surface area contributed by atoms with Crippen molar-refractivity contribution in [3.8, 4) is 11.3 Å². The minimum atomic E-state index is -4.75. The number of alkyl halides is 3. The quantitative estimate of drug-likeness (QED) is 0.352. The van der Waals surface area contributed by atoms with Crippen molar-refractivity contribution in [3.05, 3.63) is 76.5 Å². The van der Waals surface area contributed by atoms with Crippen molar-refractivity contribution in [1.29, 1.82) is 0 Å². The highest BCUT2D eigenvalue weighted by Gasteiger charge is 2.40. The average Bonchev–Trinajstić information content (AvgIpc) is 3.22. The van der Waals surface area contributed by atoms with Gasteiger partial charge in [0.1, 0.15) is 5.82 Å². The number of nitrogens with zero attached hydrogens (tertiary/aromatic N) is 3. The molecule has 2 amide bonds. The molecule has 1 aliphatic rings. The van der Waals surface area contributed by atoms with Gasteiger partial charge in [0.25, 0.3) is 0 Å². The highest BCUT2D eigenvalue weighted by atomic mass is 35.5. The second-order valence-electron chi connectivity index (χ2n) is 8.66. The van der Waals surface area contributed by atoms with E-state index in [-0.39, 0.29) is 67.4 Å². The molecule has 2 aromatic carbocycles. The molecule has 2 heterocycles. The molecule has 1 aromatic heterocycles. The molecule has 204 valence electrons. The molecule has 0 spiro atoms. The minimum absolute atomic E-state index is 0. The molecular formula is C24H22ClF6N5O2. The topological polar surface area (TPSA) is 107 Å². The maximum absolute atomic E-state index is 13.9. The predicted octanol–water partition coefficient (Wildman–Crippen LogP) is 3.81. The van der Waals surface area contributed by atoms with Crippen molar-refractivity contribution in [3.63, 3.8) is 0 Å². The van der Waals surface area contributed by atoms with Gasteiger partial charge in [0.05, 0.1) is 17.9 Å². The third-order valence-corrected chi connectivity index (χ3v) is 6.06. The number of primary amides is 1. The fourth-order valence-electron chi connectivity index (χ4n) is 4.25. The van der Waals surface area contributed by atoms with Crippen molar-refractivity contribution in [2.75, 3.05) is 6.54 Å². The minimum Gasteiger partial charge on any atom is -0.366 e. The monoisotopic (exact) mass is 561 g/mol. The van der Waals surface area contributed by atoms with E-state index >= 15 is 0 Å². The smallest absolute Gasteiger partial charge is 0.366 e. The van der Waals surface area contributed by atoms with Crippen LogP contribution in [0.3, 0.4) is 0 Å². The van der Waals surface area contributed by atoms with Crippen LogP contribution in [0, 0.1) is 17.5 Å². The number of amides is 2. The molecule has 1 atom stereocenters. The summed E-state index contributed by atoms with van der Waals surface area (Å²) in [4.78, 5) is 29.3. The molecule has 0 unspecified atom stereocenters. The van der Waals surface area contributed by atoms with Crippen LogP contribution in [0.2, 0.25) is 0 Å². The van der Waals surface area contributed by atoms with E-state index in [0.717, 1.165) is 4.57 Å². The van der Waals surface area contributed by atoms with Crippen LogP contribution >= 0.6 is 12.4 Å². The van der Waals surface area contributed by atoms with Crippen LogP contribution in [0.25, 0.3) is 11.3 Å². The van der Waals surface area contributed by atoms with E-state index in [1.165, 1.54) is 29.2 Å². The van der Waals surface area contributed by atoms with Gasteiger partial charge in [-0.15, -0.1) is 12.4 Å². The largest absolute Gasteiger partial charge is 0.449 e. The first-order valence-corrected chi connectivity index (χ1v) is 11.1. The lowest BCUT2D eigenvalue weighted by Crippen LogP contribution is -2.42. The van der Waals surface area contributed by atoms with E-state index in [1.54, 1.807) is 0 Å². The van der Waals surface area contributed by atoms with Crippen molar-refractivity contribution in [2.45, 2.75) is 38.1 Å². The van der Waals surface area contributed by atoms with E-state index in [1.807, 2.05) is 0 Å². The average molecular weight is 562 g/mol. The number of rotatable bonds is 6. The van der Waals surface area contributed by atoms with Gasteiger partial charge in [-0.3, -0.25) is 9.59 Å². The summed E-state index contributed by atoms with van der Waals surface area (Å²) in [6.07, 6.45) is -5.30. The molecule has 0 saturated heterocycles. The molecular weight excluding hydrogens is 540 g/mol. The Labute approximate surface area is 218 Å². The summed E-state index contributed by atoms with van der Waals surface area (Å²) in [5.41, 5.74) is 11.6. The van der Waals surface area contributed by atoms with Crippen molar-refractivity contribution in [1.82, 2.24) is 14.5 Å². The fourth-order valence-corrected chi connectivity index (χ4v) is 4.25. The highest BCUT2D eigenvalue weighted by molar-refractivity contribution is 5.93. The van der Waals surface area contributed by atoms with Gasteiger partial charge in [-0.05, 0) is 30.2 Å². The van der Waals surface area contributed by atoms with Crippen LogP contribution in [0.4, 0.5) is 26.3 Å². The number of benzene rings is 2. The first kappa shape index (κ1) is 29.0. The molecule has 0 aliphatic carbocycles. The van der Waals surface area contributed by atoms with Crippen LogP contribution in [0.1, 0.15) is 33.9 Å². The van der Waals surface area contributed by atoms with Crippen molar-refractivity contribution < 1.29 is 35.9 Å². The number of fused-ring (bicyclic) bond motifs is 1. The van der Waals surface area contributed by atoms with Gasteiger partial charge >= 0.3 is 6.18 Å². The molecule has 7 nitrogen and oxygen atoms in total. The first-order valence-electron chi connectivity index (χ1n) is 11.1. The van der Waals surface area contributed by atoms with Crippen molar-refractivity contribution in [2.24, 2.45) is 11.5 Å². The lowest BCUT2D eigenvalue weighted by atomic mass is 10.0. The lowest BCUT2D eigenvalue weighted by Gasteiger charge is -2.30. The number of hydrogen-bond acceptors (Lipinski definition) is 4. The van der Waals surface area contributed by atoms with Gasteiger partial charge in [-0.1, -0.05) is 12.1 Å². The van der Waals surface area contributed by atoms with Crippen LogP contribution in [0.15, 0.2) is 36.4 Å². The number of carbonyl (C=O) groups excluding carboxylic acids is 2. The Balaban J connectivity index is 0.00000400. The van der Waals surface area contributed by atoms with Crippen LogP contribution in [-0.4, -0.2) is 38.9 Å². The Hall–Kier alpha value is -3.58. The zero-order valence-corrected chi connectivity index (χ0v) is 20.4. The van der Waals surface area contributed by atoms with Gasteiger partial charge in [0, 0.05) is 42.7 Å². The summed E-state index contributed by atoms with van der Waals surface area (Å²) in [6, 6.07) is 5.65. The maximum atomic E-state index is 13.9. The second-order valence-corrected chi connectivity index (χ2v) is 8.66. The van der Waals surface area contributed by atoms with Crippen LogP contribution in [0.5, 0.6) is 0 Å². The van der Waals surface area contributed by atoms with E-state index < -0.39 is 47.3 Å². The number of aromatic nitrogens is 2. The zero-order valence-electron chi connectivity index (χ0n) is 19.6. The molecule has 0 radical (unpaired) electrons. The van der Waals surface area contributed by atoms with Gasteiger partial charge in [0.15, 0.2) is 11.6 Å². The molecule has 3 aromatic rings. The number of imidazole rings is 1. The molecule has 4 N–H and O–H groups in total. The van der Waals surface area contributed by atoms with Gasteiger partial charge in [0.2, 0.25) is 17.6 Å². The third kappa shape index (κ3) is 5.94. The lowest BCUT2D eigenvalue weighted by molar-refractivity contribution is -0.148. The van der Waals surface area contributed by atoms with E-state index in [0.29, 0.717) is 17.7 Å². The fraction of sp³-hybridized carbons (Fsp3) is 0.292. The number of halogens is 7. The number of nitrogens with two attached hydrogens (primary N) is 2. The Morgan fingerprint density at radius 1 is 1.00 bits per heavy atom. The second kappa shape index (κ2) is 11.0. The molecule has 14 heteroatoms. The molecule has 38 heavy (non-hydrogen) atoms. The Morgan fingerprint density at radius 2 is 1.63 bits per heavy atom. The zero-order chi connectivity index (χ0) is 27.1. The summed E-state index contributed by atoms with van der Waals surface area (Å²) in [6.45, 7) is -0.450. The molecule has 0 saturated carbocycles. The number of hydrogen-bond donors (Lipinski definition) is 2. The summed E-state index contributed by atoms with van der Waals surface area (Å²) in [5, 5.41) is 0. The summed E-state index contributed by atoms with van der Waals surface area (Å²) in [7, 11) is 0. The first-order chi connectivity index (χ1) is 17.3. The van der Waals surface area contributed by atoms with E-state index in [9.17, 15) is 35.9 Å². The predicted molar refractivity (Wildman–Crippen MR) is 126 cm³/mol. The maximum Gasteiger partial charge on any atom is 0.449 e. The Morgan fingerprint density at radius 3 is 2.24 bits per heavy atom.